The minimum atomic E-state index is -1.20. The first-order valence-electron chi connectivity index (χ1n) is 6.21. The number of aliphatic carboxylic acids is 1. The summed E-state index contributed by atoms with van der Waals surface area (Å²) in [6.07, 6.45) is -0.105. The number of rotatable bonds is 6. The van der Waals surface area contributed by atoms with Crippen molar-refractivity contribution in [2.45, 2.75) is 25.8 Å². The lowest BCUT2D eigenvalue weighted by Gasteiger charge is -2.14. The molecule has 2 N–H and O–H groups in total. The summed E-state index contributed by atoms with van der Waals surface area (Å²) in [7, 11) is 1.22. The first kappa shape index (κ1) is 17.2. The fourth-order valence-electron chi connectivity index (χ4n) is 1.73. The fraction of sp³-hybridized carbons (Fsp3) is 0.357. The highest BCUT2D eigenvalue weighted by Gasteiger charge is 2.22. The maximum absolute atomic E-state index is 12.1. The topological polar surface area (TPSA) is 92.7 Å². The van der Waals surface area contributed by atoms with Crippen LogP contribution in [0.15, 0.2) is 22.7 Å². The van der Waals surface area contributed by atoms with Crippen LogP contribution in [0.2, 0.25) is 0 Å². The Morgan fingerprint density at radius 1 is 1.33 bits per heavy atom. The summed E-state index contributed by atoms with van der Waals surface area (Å²) in [5.74, 6) is -2.22. The van der Waals surface area contributed by atoms with Gasteiger partial charge in [-0.2, -0.15) is 0 Å². The van der Waals surface area contributed by atoms with Crippen molar-refractivity contribution < 1.29 is 24.2 Å². The van der Waals surface area contributed by atoms with E-state index in [4.69, 9.17) is 5.11 Å². The lowest BCUT2D eigenvalue weighted by molar-refractivity contribution is -0.142. The Morgan fingerprint density at radius 2 is 2.00 bits per heavy atom. The van der Waals surface area contributed by atoms with Crippen molar-refractivity contribution in [3.8, 4) is 0 Å². The molecule has 1 amide bonds. The summed E-state index contributed by atoms with van der Waals surface area (Å²) in [5.41, 5.74) is 1.22. The van der Waals surface area contributed by atoms with Gasteiger partial charge in [-0.05, 0) is 37.1 Å². The first-order chi connectivity index (χ1) is 9.83. The van der Waals surface area contributed by atoms with Crippen LogP contribution in [0.4, 0.5) is 0 Å². The molecule has 0 saturated carbocycles. The zero-order valence-electron chi connectivity index (χ0n) is 11.7. The highest BCUT2D eigenvalue weighted by atomic mass is 79.9. The monoisotopic (exact) mass is 357 g/mol. The number of amides is 1. The lowest BCUT2D eigenvalue weighted by Crippen LogP contribution is -2.41. The first-order valence-corrected chi connectivity index (χ1v) is 7.00. The van der Waals surface area contributed by atoms with E-state index in [0.717, 1.165) is 10.0 Å². The normalized spacial score (nSPS) is 11.6. The molecule has 0 fully saturated rings. The zero-order chi connectivity index (χ0) is 16.0. The highest BCUT2D eigenvalue weighted by Crippen LogP contribution is 2.15. The van der Waals surface area contributed by atoms with E-state index >= 15 is 0 Å². The van der Waals surface area contributed by atoms with E-state index in [1.807, 2.05) is 13.0 Å². The molecule has 0 spiro atoms. The lowest BCUT2D eigenvalue weighted by atomic mass is 10.1. The van der Waals surface area contributed by atoms with E-state index in [1.54, 1.807) is 12.1 Å². The largest absolute Gasteiger partial charge is 0.480 e. The van der Waals surface area contributed by atoms with Gasteiger partial charge in [0.2, 0.25) is 0 Å². The second-order valence-electron chi connectivity index (χ2n) is 4.50. The zero-order valence-corrected chi connectivity index (χ0v) is 13.3. The second kappa shape index (κ2) is 7.78. The van der Waals surface area contributed by atoms with Crippen LogP contribution in [-0.4, -0.2) is 36.1 Å². The molecule has 0 aliphatic heterocycles. The van der Waals surface area contributed by atoms with E-state index in [9.17, 15) is 14.4 Å². The van der Waals surface area contributed by atoms with Crippen molar-refractivity contribution in [2.24, 2.45) is 0 Å². The average Bonchev–Trinajstić information content (AvgIpc) is 2.41. The van der Waals surface area contributed by atoms with Crippen molar-refractivity contribution in [2.75, 3.05) is 7.11 Å². The minimum Gasteiger partial charge on any atom is -0.480 e. The number of benzene rings is 1. The number of halogens is 1. The van der Waals surface area contributed by atoms with Gasteiger partial charge in [0.25, 0.3) is 5.91 Å². The van der Waals surface area contributed by atoms with Crippen LogP contribution in [0.3, 0.4) is 0 Å². The molecule has 0 heterocycles. The van der Waals surface area contributed by atoms with Crippen LogP contribution < -0.4 is 5.32 Å². The molecule has 114 valence electrons. The number of methoxy groups -OCH3 is 1. The SMILES string of the molecule is COC(=O)CC[C@H](NC(=O)c1cc(C)cc(Br)c1)C(=O)O. The van der Waals surface area contributed by atoms with Crippen LogP contribution in [0.5, 0.6) is 0 Å². The summed E-state index contributed by atoms with van der Waals surface area (Å²) in [5, 5.41) is 11.5. The van der Waals surface area contributed by atoms with Crippen molar-refractivity contribution in [1.82, 2.24) is 5.32 Å². The molecule has 0 aliphatic rings. The molecule has 0 aliphatic carbocycles. The molecule has 7 heteroatoms. The molecule has 0 radical (unpaired) electrons. The van der Waals surface area contributed by atoms with E-state index in [0.29, 0.717) is 5.56 Å². The third-order valence-corrected chi connectivity index (χ3v) is 3.23. The highest BCUT2D eigenvalue weighted by molar-refractivity contribution is 9.10. The van der Waals surface area contributed by atoms with E-state index in [-0.39, 0.29) is 12.8 Å². The van der Waals surface area contributed by atoms with E-state index in [2.05, 4.69) is 26.0 Å². The number of hydrogen-bond acceptors (Lipinski definition) is 4. The molecule has 1 rings (SSSR count). The minimum absolute atomic E-state index is 0.0271. The summed E-state index contributed by atoms with van der Waals surface area (Å²) >= 11 is 3.28. The summed E-state index contributed by atoms with van der Waals surface area (Å²) in [6.45, 7) is 1.83. The van der Waals surface area contributed by atoms with E-state index in [1.165, 1.54) is 7.11 Å². The number of carboxylic acid groups (broad SMARTS) is 1. The summed E-state index contributed by atoms with van der Waals surface area (Å²) in [6, 6.07) is 3.94. The fourth-order valence-corrected chi connectivity index (χ4v) is 2.34. The van der Waals surface area contributed by atoms with Gasteiger partial charge in [0.05, 0.1) is 7.11 Å². The Labute approximate surface area is 130 Å². The predicted octanol–water partition coefficient (Wildman–Crippen LogP) is 1.89. The van der Waals surface area contributed by atoms with Crippen LogP contribution in [-0.2, 0) is 14.3 Å². The van der Waals surface area contributed by atoms with Crippen LogP contribution in [0.1, 0.15) is 28.8 Å². The van der Waals surface area contributed by atoms with Gasteiger partial charge in [-0.3, -0.25) is 9.59 Å². The number of hydrogen-bond donors (Lipinski definition) is 2. The van der Waals surface area contributed by atoms with Gasteiger partial charge in [0, 0.05) is 16.5 Å². The third-order valence-electron chi connectivity index (χ3n) is 2.77. The van der Waals surface area contributed by atoms with Crippen molar-refractivity contribution in [3.63, 3.8) is 0 Å². The van der Waals surface area contributed by atoms with Gasteiger partial charge in [-0.15, -0.1) is 0 Å². The maximum Gasteiger partial charge on any atom is 0.326 e. The smallest absolute Gasteiger partial charge is 0.326 e. The van der Waals surface area contributed by atoms with E-state index < -0.39 is 23.9 Å². The van der Waals surface area contributed by atoms with Gasteiger partial charge in [-0.25, -0.2) is 4.79 Å². The van der Waals surface area contributed by atoms with Crippen LogP contribution >= 0.6 is 15.9 Å². The van der Waals surface area contributed by atoms with Crippen LogP contribution in [0, 0.1) is 6.92 Å². The van der Waals surface area contributed by atoms with Gasteiger partial charge in [0.1, 0.15) is 6.04 Å². The van der Waals surface area contributed by atoms with Crippen molar-refractivity contribution in [1.29, 1.82) is 0 Å². The Kier molecular flexibility index (Phi) is 6.36. The Bertz CT molecular complexity index is 538. The second-order valence-corrected chi connectivity index (χ2v) is 5.41. The predicted molar refractivity (Wildman–Crippen MR) is 79.0 cm³/mol. The van der Waals surface area contributed by atoms with Gasteiger partial charge < -0.3 is 15.2 Å². The molecule has 21 heavy (non-hydrogen) atoms. The third kappa shape index (κ3) is 5.55. The molecule has 0 saturated heterocycles. The number of esters is 1. The molecule has 6 nitrogen and oxygen atoms in total. The summed E-state index contributed by atoms with van der Waals surface area (Å²) < 4.78 is 5.18. The number of ether oxygens (including phenoxy) is 1. The molecule has 0 aromatic heterocycles. The molecule has 1 aromatic carbocycles. The number of carbonyl (C=O) groups excluding carboxylic acids is 2. The summed E-state index contributed by atoms with van der Waals surface area (Å²) in [4.78, 5) is 34.2. The van der Waals surface area contributed by atoms with Gasteiger partial charge in [-0.1, -0.05) is 15.9 Å². The quantitative estimate of drug-likeness (QED) is 0.758. The standard InChI is InChI=1S/C14H16BrNO5/c1-8-5-9(7-10(15)6-8)13(18)16-11(14(19)20)3-4-12(17)21-2/h5-7,11H,3-4H2,1-2H3,(H,16,18)(H,19,20)/t11-/m0/s1. The molecule has 0 unspecified atom stereocenters. The maximum atomic E-state index is 12.1. The van der Waals surface area contributed by atoms with Crippen LogP contribution in [0.25, 0.3) is 0 Å². The molecular weight excluding hydrogens is 342 g/mol. The number of aryl methyl sites for hydroxylation is 1. The number of carbonyl (C=O) groups is 3. The van der Waals surface area contributed by atoms with Crippen molar-refractivity contribution in [3.05, 3.63) is 33.8 Å². The van der Waals surface area contributed by atoms with Crippen molar-refractivity contribution >= 4 is 33.8 Å². The molecule has 1 atom stereocenters. The molecule has 0 bridgehead atoms. The Hall–Kier alpha value is -1.89. The number of nitrogens with one attached hydrogen (secondary N) is 1. The average molecular weight is 358 g/mol. The van der Waals surface area contributed by atoms with Gasteiger partial charge in [0.15, 0.2) is 0 Å². The number of carboxylic acids is 1. The van der Waals surface area contributed by atoms with Gasteiger partial charge >= 0.3 is 11.9 Å². The molecular formula is C14H16BrNO5. The Morgan fingerprint density at radius 3 is 2.52 bits per heavy atom. The Balaban J connectivity index is 2.76. The molecule has 1 aromatic rings.